The molecule has 3 fully saturated rings. The lowest BCUT2D eigenvalue weighted by molar-refractivity contribution is 0.0410. The first kappa shape index (κ1) is 13.2. The molecule has 2 saturated heterocycles. The van der Waals surface area contributed by atoms with Gasteiger partial charge in [0.25, 0.3) is 0 Å². The Labute approximate surface area is 116 Å². The minimum Gasteiger partial charge on any atom is -0.378 e. The average Bonchev–Trinajstić information content (AvgIpc) is 2.59. The molecule has 0 unspecified atom stereocenters. The Morgan fingerprint density at radius 1 is 1.16 bits per heavy atom. The van der Waals surface area contributed by atoms with E-state index >= 15 is 0 Å². The fraction of sp³-hybridized carbons (Fsp3) is 0.933. The molecule has 2 atom stereocenters. The number of hydrogen-bond acceptors (Lipinski definition) is 2. The van der Waals surface area contributed by atoms with Gasteiger partial charge in [0.15, 0.2) is 0 Å². The summed E-state index contributed by atoms with van der Waals surface area (Å²) in [5.74, 6) is 0. The third-order valence-electron chi connectivity index (χ3n) is 4.94. The summed E-state index contributed by atoms with van der Waals surface area (Å²) in [5, 5.41) is 0. The van der Waals surface area contributed by atoms with Crippen molar-refractivity contribution in [3.8, 4) is 0 Å². The van der Waals surface area contributed by atoms with Gasteiger partial charge in [0, 0.05) is 25.7 Å². The monoisotopic (exact) mass is 266 g/mol. The zero-order chi connectivity index (χ0) is 13.7. The third kappa shape index (κ3) is 2.47. The molecule has 1 saturated carbocycles. The summed E-state index contributed by atoms with van der Waals surface area (Å²) in [6.45, 7) is 10.9. The molecule has 108 valence electrons. The van der Waals surface area contributed by atoms with Crippen LogP contribution in [0.15, 0.2) is 0 Å². The maximum absolute atomic E-state index is 12.7. The van der Waals surface area contributed by atoms with Crippen molar-refractivity contribution in [3.05, 3.63) is 0 Å². The highest BCUT2D eigenvalue weighted by molar-refractivity contribution is 5.75. The van der Waals surface area contributed by atoms with Crippen LogP contribution >= 0.6 is 0 Å². The van der Waals surface area contributed by atoms with E-state index in [1.165, 1.54) is 12.8 Å². The summed E-state index contributed by atoms with van der Waals surface area (Å²) in [6.07, 6.45) is 3.58. The van der Waals surface area contributed by atoms with Gasteiger partial charge >= 0.3 is 6.03 Å². The van der Waals surface area contributed by atoms with E-state index in [9.17, 15) is 4.79 Å². The van der Waals surface area contributed by atoms with E-state index in [1.54, 1.807) is 0 Å². The van der Waals surface area contributed by atoms with Gasteiger partial charge in [-0.2, -0.15) is 0 Å². The summed E-state index contributed by atoms with van der Waals surface area (Å²) in [5.41, 5.74) is 0.700. The van der Waals surface area contributed by atoms with Crippen molar-refractivity contribution in [3.63, 3.8) is 0 Å². The second-order valence-electron chi connectivity index (χ2n) is 7.72. The lowest BCUT2D eigenvalue weighted by Gasteiger charge is -2.40. The summed E-state index contributed by atoms with van der Waals surface area (Å²) in [6, 6.07) is 0.693. The lowest BCUT2D eigenvalue weighted by atomic mass is 9.65. The van der Waals surface area contributed by atoms with Crippen molar-refractivity contribution < 1.29 is 9.53 Å². The van der Waals surface area contributed by atoms with Gasteiger partial charge in [-0.05, 0) is 30.1 Å². The van der Waals surface area contributed by atoms with E-state index in [2.05, 4.69) is 25.7 Å². The number of morpholine rings is 1. The van der Waals surface area contributed by atoms with Crippen molar-refractivity contribution in [1.82, 2.24) is 9.80 Å². The largest absolute Gasteiger partial charge is 0.378 e. The number of rotatable bonds is 0. The Hall–Kier alpha value is -0.770. The molecule has 0 spiro atoms. The highest BCUT2D eigenvalue weighted by Gasteiger charge is 2.51. The minimum atomic E-state index is 0.245. The van der Waals surface area contributed by atoms with Gasteiger partial charge < -0.3 is 14.5 Å². The average molecular weight is 266 g/mol. The molecule has 2 amide bonds. The summed E-state index contributed by atoms with van der Waals surface area (Å²) < 4.78 is 5.34. The highest BCUT2D eigenvalue weighted by Crippen LogP contribution is 2.52. The topological polar surface area (TPSA) is 32.8 Å². The molecule has 0 radical (unpaired) electrons. The van der Waals surface area contributed by atoms with Crippen molar-refractivity contribution >= 4 is 6.03 Å². The number of hydrogen-bond donors (Lipinski definition) is 0. The molecule has 2 heterocycles. The van der Waals surface area contributed by atoms with Crippen LogP contribution in [-0.4, -0.2) is 54.7 Å². The third-order valence-corrected chi connectivity index (χ3v) is 4.94. The van der Waals surface area contributed by atoms with Gasteiger partial charge in [-0.1, -0.05) is 20.8 Å². The van der Waals surface area contributed by atoms with E-state index in [-0.39, 0.29) is 6.03 Å². The van der Waals surface area contributed by atoms with Gasteiger partial charge in [0.05, 0.1) is 13.2 Å². The molecular weight excluding hydrogens is 240 g/mol. The van der Waals surface area contributed by atoms with Crippen LogP contribution in [0.3, 0.4) is 0 Å². The van der Waals surface area contributed by atoms with Gasteiger partial charge in [-0.25, -0.2) is 4.79 Å². The van der Waals surface area contributed by atoms with Crippen LogP contribution in [0.25, 0.3) is 0 Å². The Morgan fingerprint density at radius 3 is 2.53 bits per heavy atom. The molecule has 0 aromatic rings. The number of likely N-dealkylation sites (tertiary alicyclic amines) is 1. The highest BCUT2D eigenvalue weighted by atomic mass is 16.5. The Kier molecular flexibility index (Phi) is 3.04. The zero-order valence-electron chi connectivity index (χ0n) is 12.4. The number of carbonyl (C=O) groups excluding carboxylic acids is 1. The number of carbonyl (C=O) groups is 1. The summed E-state index contributed by atoms with van der Waals surface area (Å²) >= 11 is 0. The molecule has 0 N–H and O–H groups in total. The van der Waals surface area contributed by atoms with E-state index in [0.29, 0.717) is 30.1 Å². The molecule has 2 aliphatic heterocycles. The first-order valence-corrected chi connectivity index (χ1v) is 7.52. The summed E-state index contributed by atoms with van der Waals surface area (Å²) in [4.78, 5) is 16.8. The van der Waals surface area contributed by atoms with E-state index in [0.717, 1.165) is 26.1 Å². The van der Waals surface area contributed by atoms with Crippen LogP contribution in [0.5, 0.6) is 0 Å². The minimum absolute atomic E-state index is 0.245. The van der Waals surface area contributed by atoms with Crippen molar-refractivity contribution in [2.75, 3.05) is 32.8 Å². The van der Waals surface area contributed by atoms with E-state index in [4.69, 9.17) is 4.74 Å². The SMILES string of the molecule is CC1(C)C[C@@H]2C[C@@](C)(CN2C(=O)N2CCOCC2)C1. The molecule has 19 heavy (non-hydrogen) atoms. The van der Waals surface area contributed by atoms with Crippen LogP contribution in [0.1, 0.15) is 40.0 Å². The second kappa shape index (κ2) is 4.37. The molecular formula is C15H26N2O2. The maximum atomic E-state index is 12.7. The molecule has 4 nitrogen and oxygen atoms in total. The molecule has 3 rings (SSSR count). The number of nitrogens with zero attached hydrogens (tertiary/aromatic N) is 2. The molecule has 1 aliphatic carbocycles. The molecule has 0 aromatic carbocycles. The van der Waals surface area contributed by atoms with Crippen molar-refractivity contribution in [2.45, 2.75) is 46.1 Å². The predicted molar refractivity (Wildman–Crippen MR) is 74.0 cm³/mol. The number of fused-ring (bicyclic) bond motifs is 2. The van der Waals surface area contributed by atoms with Gasteiger partial charge in [-0.15, -0.1) is 0 Å². The maximum Gasteiger partial charge on any atom is 0.320 e. The van der Waals surface area contributed by atoms with E-state index in [1.807, 2.05) is 4.90 Å². The quantitative estimate of drug-likeness (QED) is 0.674. The predicted octanol–water partition coefficient (Wildman–Crippen LogP) is 2.34. The fourth-order valence-corrected chi connectivity index (χ4v) is 4.62. The standard InChI is InChI=1S/C15H26N2O2/c1-14(2)8-12-9-15(3,10-14)11-17(12)13(18)16-4-6-19-7-5-16/h12H,4-11H2,1-3H3/t12-,15-/m1/s1. The van der Waals surface area contributed by atoms with Crippen LogP contribution in [-0.2, 0) is 4.74 Å². The fourth-order valence-electron chi connectivity index (χ4n) is 4.62. The van der Waals surface area contributed by atoms with Crippen LogP contribution in [0.4, 0.5) is 4.79 Å². The molecule has 2 bridgehead atoms. The Balaban J connectivity index is 1.74. The van der Waals surface area contributed by atoms with Crippen molar-refractivity contribution in [1.29, 1.82) is 0 Å². The van der Waals surface area contributed by atoms with Gasteiger partial charge in [0.2, 0.25) is 0 Å². The van der Waals surface area contributed by atoms with Crippen LogP contribution < -0.4 is 0 Å². The molecule has 0 aromatic heterocycles. The number of ether oxygens (including phenoxy) is 1. The van der Waals surface area contributed by atoms with E-state index < -0.39 is 0 Å². The Bertz CT molecular complexity index is 376. The van der Waals surface area contributed by atoms with Crippen LogP contribution in [0, 0.1) is 10.8 Å². The normalized spacial score (nSPS) is 37.5. The zero-order valence-corrected chi connectivity index (χ0v) is 12.4. The summed E-state index contributed by atoms with van der Waals surface area (Å²) in [7, 11) is 0. The number of urea groups is 1. The second-order valence-corrected chi connectivity index (χ2v) is 7.72. The smallest absolute Gasteiger partial charge is 0.320 e. The molecule has 3 aliphatic rings. The first-order chi connectivity index (χ1) is 8.89. The number of amides is 2. The lowest BCUT2D eigenvalue weighted by Crippen LogP contribution is -2.50. The van der Waals surface area contributed by atoms with Crippen molar-refractivity contribution in [2.24, 2.45) is 10.8 Å². The van der Waals surface area contributed by atoms with Crippen LogP contribution in [0.2, 0.25) is 0 Å². The van der Waals surface area contributed by atoms with Gasteiger partial charge in [-0.3, -0.25) is 0 Å². The molecule has 4 heteroatoms. The Morgan fingerprint density at radius 2 is 1.84 bits per heavy atom. The van der Waals surface area contributed by atoms with Gasteiger partial charge in [0.1, 0.15) is 0 Å². The first-order valence-electron chi connectivity index (χ1n) is 7.52.